The van der Waals surface area contributed by atoms with Gasteiger partial charge in [-0.15, -0.1) is 0 Å². The molecule has 0 heterocycles. The highest BCUT2D eigenvalue weighted by Gasteiger charge is 2.41. The zero-order valence-electron chi connectivity index (χ0n) is 11.3. The van der Waals surface area contributed by atoms with Gasteiger partial charge in [0.05, 0.1) is 17.9 Å². The Hall–Kier alpha value is -1.10. The summed E-state index contributed by atoms with van der Waals surface area (Å²) < 4.78 is 0. The Kier molecular flexibility index (Phi) is 4.73. The molecule has 1 fully saturated rings. The summed E-state index contributed by atoms with van der Waals surface area (Å²) in [6, 6.07) is 0. The van der Waals surface area contributed by atoms with Gasteiger partial charge in [-0.25, -0.2) is 0 Å². The van der Waals surface area contributed by atoms with Gasteiger partial charge < -0.3 is 15.5 Å². The number of aliphatic hydroxyl groups is 1. The Balaban J connectivity index is 2.39. The second-order valence-corrected chi connectivity index (χ2v) is 6.06. The van der Waals surface area contributed by atoms with Crippen LogP contribution in [0, 0.1) is 17.3 Å². The smallest absolute Gasteiger partial charge is 0.307 e. The van der Waals surface area contributed by atoms with Crippen molar-refractivity contribution in [2.24, 2.45) is 17.3 Å². The van der Waals surface area contributed by atoms with E-state index in [1.165, 1.54) is 0 Å². The highest BCUT2D eigenvalue weighted by molar-refractivity contribution is 5.86. The number of nitrogens with one attached hydrogen (secondary N) is 1. The lowest BCUT2D eigenvalue weighted by Crippen LogP contribution is -2.46. The number of carbonyl (C=O) groups is 2. The van der Waals surface area contributed by atoms with Crippen molar-refractivity contribution in [3.05, 3.63) is 0 Å². The van der Waals surface area contributed by atoms with Crippen molar-refractivity contribution in [2.75, 3.05) is 6.54 Å². The molecule has 3 N–H and O–H groups in total. The normalized spacial score (nSPS) is 25.1. The molecule has 5 heteroatoms. The van der Waals surface area contributed by atoms with Gasteiger partial charge in [0.15, 0.2) is 0 Å². The topological polar surface area (TPSA) is 86.6 Å². The van der Waals surface area contributed by atoms with Crippen molar-refractivity contribution < 1.29 is 19.8 Å². The maximum atomic E-state index is 11.8. The molecule has 0 aromatic carbocycles. The van der Waals surface area contributed by atoms with Crippen LogP contribution in [0.1, 0.15) is 40.0 Å². The van der Waals surface area contributed by atoms with Gasteiger partial charge >= 0.3 is 5.97 Å². The van der Waals surface area contributed by atoms with Crippen molar-refractivity contribution in [3.63, 3.8) is 0 Å². The zero-order chi connectivity index (χ0) is 13.9. The van der Waals surface area contributed by atoms with Gasteiger partial charge in [-0.05, 0) is 31.6 Å². The summed E-state index contributed by atoms with van der Waals surface area (Å²) in [5.74, 6) is -1.97. The van der Waals surface area contributed by atoms with Crippen molar-refractivity contribution in [1.82, 2.24) is 5.32 Å². The lowest BCUT2D eigenvalue weighted by atomic mass is 9.73. The van der Waals surface area contributed by atoms with Crippen LogP contribution in [0.3, 0.4) is 0 Å². The quantitative estimate of drug-likeness (QED) is 0.663. The molecule has 1 saturated carbocycles. The van der Waals surface area contributed by atoms with Gasteiger partial charge in [-0.1, -0.05) is 13.8 Å². The van der Waals surface area contributed by atoms with Crippen molar-refractivity contribution in [1.29, 1.82) is 0 Å². The van der Waals surface area contributed by atoms with Crippen LogP contribution >= 0.6 is 0 Å². The van der Waals surface area contributed by atoms with Crippen LogP contribution in [0.5, 0.6) is 0 Å². The third-order valence-corrected chi connectivity index (χ3v) is 3.52. The van der Waals surface area contributed by atoms with Crippen LogP contribution in [0.25, 0.3) is 0 Å². The van der Waals surface area contributed by atoms with Crippen LogP contribution < -0.4 is 5.32 Å². The Labute approximate surface area is 108 Å². The SMILES string of the molecule is CC(O)CC(C)(C)CNC(=O)C1CCC1C(=O)O. The van der Waals surface area contributed by atoms with E-state index >= 15 is 0 Å². The van der Waals surface area contributed by atoms with Gasteiger partial charge in [0, 0.05) is 6.54 Å². The van der Waals surface area contributed by atoms with Crippen LogP contribution in [0.4, 0.5) is 0 Å². The second-order valence-electron chi connectivity index (χ2n) is 6.06. The highest BCUT2D eigenvalue weighted by Crippen LogP contribution is 2.34. The predicted molar refractivity (Wildman–Crippen MR) is 66.9 cm³/mol. The van der Waals surface area contributed by atoms with Gasteiger partial charge in [0.1, 0.15) is 0 Å². The number of aliphatic hydroxyl groups excluding tert-OH is 1. The van der Waals surface area contributed by atoms with E-state index in [0.717, 1.165) is 0 Å². The molecular weight excluding hydrogens is 234 g/mol. The van der Waals surface area contributed by atoms with Gasteiger partial charge in [-0.3, -0.25) is 9.59 Å². The summed E-state index contributed by atoms with van der Waals surface area (Å²) in [6.45, 7) is 6.11. The molecule has 1 aliphatic rings. The van der Waals surface area contributed by atoms with E-state index < -0.39 is 18.0 Å². The molecule has 1 aliphatic carbocycles. The lowest BCUT2D eigenvalue weighted by Gasteiger charge is -2.33. The molecule has 3 atom stereocenters. The van der Waals surface area contributed by atoms with Crippen molar-refractivity contribution >= 4 is 11.9 Å². The summed E-state index contributed by atoms with van der Waals surface area (Å²) in [5, 5.41) is 21.0. The van der Waals surface area contributed by atoms with E-state index in [2.05, 4.69) is 5.32 Å². The Bertz CT molecular complexity index is 325. The van der Waals surface area contributed by atoms with E-state index in [1.807, 2.05) is 13.8 Å². The van der Waals surface area contributed by atoms with Gasteiger partial charge in [0.25, 0.3) is 0 Å². The van der Waals surface area contributed by atoms with Crippen LogP contribution in [0.2, 0.25) is 0 Å². The Morgan fingerprint density at radius 1 is 1.33 bits per heavy atom. The molecule has 18 heavy (non-hydrogen) atoms. The van der Waals surface area contributed by atoms with E-state index in [1.54, 1.807) is 6.92 Å². The van der Waals surface area contributed by atoms with Gasteiger partial charge in [0.2, 0.25) is 5.91 Å². The monoisotopic (exact) mass is 257 g/mol. The number of hydrogen-bond acceptors (Lipinski definition) is 3. The van der Waals surface area contributed by atoms with Crippen LogP contribution in [0.15, 0.2) is 0 Å². The Morgan fingerprint density at radius 3 is 2.28 bits per heavy atom. The molecule has 0 bridgehead atoms. The molecule has 0 aromatic rings. The number of amides is 1. The first-order chi connectivity index (χ1) is 8.23. The minimum absolute atomic E-state index is 0.174. The molecule has 104 valence electrons. The molecule has 1 rings (SSSR count). The fraction of sp³-hybridized carbons (Fsp3) is 0.846. The maximum absolute atomic E-state index is 11.8. The first kappa shape index (κ1) is 15.0. The number of hydrogen-bond donors (Lipinski definition) is 3. The van der Waals surface area contributed by atoms with Crippen LogP contribution in [-0.4, -0.2) is 34.7 Å². The second kappa shape index (κ2) is 5.69. The van der Waals surface area contributed by atoms with Crippen molar-refractivity contribution in [2.45, 2.75) is 46.1 Å². The number of carboxylic acids is 1. The molecule has 1 amide bonds. The summed E-state index contributed by atoms with van der Waals surface area (Å²) in [4.78, 5) is 22.7. The molecule has 0 saturated heterocycles. The molecular formula is C13H23NO4. The Morgan fingerprint density at radius 2 is 1.89 bits per heavy atom. The molecule has 0 aliphatic heterocycles. The molecule has 0 aromatic heterocycles. The van der Waals surface area contributed by atoms with E-state index in [4.69, 9.17) is 5.11 Å². The molecule has 3 unspecified atom stereocenters. The van der Waals surface area contributed by atoms with E-state index in [9.17, 15) is 14.7 Å². The molecule has 0 spiro atoms. The fourth-order valence-corrected chi connectivity index (χ4v) is 2.44. The first-order valence-corrected chi connectivity index (χ1v) is 6.41. The predicted octanol–water partition coefficient (Wildman–Crippen LogP) is 1.01. The molecule has 0 radical (unpaired) electrons. The minimum atomic E-state index is -0.885. The number of carbonyl (C=O) groups excluding carboxylic acids is 1. The fourth-order valence-electron chi connectivity index (χ4n) is 2.44. The standard InChI is InChI=1S/C13H23NO4/c1-8(15)6-13(2,3)7-14-11(16)9-4-5-10(9)12(17)18/h8-10,15H,4-7H2,1-3H3,(H,14,16)(H,17,18). The minimum Gasteiger partial charge on any atom is -0.481 e. The molecule has 5 nitrogen and oxygen atoms in total. The van der Waals surface area contributed by atoms with E-state index in [-0.39, 0.29) is 17.2 Å². The van der Waals surface area contributed by atoms with Gasteiger partial charge in [-0.2, -0.15) is 0 Å². The summed E-state index contributed by atoms with van der Waals surface area (Å²) >= 11 is 0. The summed E-state index contributed by atoms with van der Waals surface area (Å²) in [5.41, 5.74) is -0.188. The number of aliphatic carboxylic acids is 1. The first-order valence-electron chi connectivity index (χ1n) is 6.41. The van der Waals surface area contributed by atoms with E-state index in [0.29, 0.717) is 25.8 Å². The zero-order valence-corrected chi connectivity index (χ0v) is 11.3. The summed E-state index contributed by atoms with van der Waals surface area (Å²) in [7, 11) is 0. The average Bonchev–Trinajstić information content (AvgIpc) is 2.09. The average molecular weight is 257 g/mol. The third-order valence-electron chi connectivity index (χ3n) is 3.52. The number of rotatable bonds is 6. The van der Waals surface area contributed by atoms with Crippen molar-refractivity contribution in [3.8, 4) is 0 Å². The largest absolute Gasteiger partial charge is 0.481 e. The van der Waals surface area contributed by atoms with Crippen LogP contribution in [-0.2, 0) is 9.59 Å². The maximum Gasteiger partial charge on any atom is 0.307 e. The summed E-state index contributed by atoms with van der Waals surface area (Å²) in [6.07, 6.45) is 1.43. The highest BCUT2D eigenvalue weighted by atomic mass is 16.4. The third kappa shape index (κ3) is 3.98. The number of carboxylic acid groups (broad SMARTS) is 1. The lowest BCUT2D eigenvalue weighted by molar-refractivity contribution is -0.152.